The Hall–Kier alpha value is -1.96. The lowest BCUT2D eigenvalue weighted by molar-refractivity contribution is -0.111. The number of carbonyl (C=O) groups excluding carboxylic acids is 1. The summed E-state index contributed by atoms with van der Waals surface area (Å²) in [6.07, 6.45) is 15.5. The van der Waals surface area contributed by atoms with E-state index in [1.807, 2.05) is 6.07 Å². The molecule has 0 fully saturated rings. The van der Waals surface area contributed by atoms with Crippen molar-refractivity contribution in [1.29, 1.82) is 0 Å². The number of pyridine rings is 1. The van der Waals surface area contributed by atoms with Crippen LogP contribution in [0.15, 0.2) is 70.7 Å². The molecular weight excluding hydrogens is 290 g/mol. The predicted molar refractivity (Wildman–Crippen MR) is 75.9 cm³/mol. The van der Waals surface area contributed by atoms with E-state index in [9.17, 15) is 4.79 Å². The van der Waals surface area contributed by atoms with Gasteiger partial charge >= 0.3 is 0 Å². The Morgan fingerprint density at radius 3 is 3.06 bits per heavy atom. The molecule has 0 unspecified atom stereocenters. The molecular formula is C15H10BrNO. The molecule has 1 aliphatic rings. The molecule has 18 heavy (non-hydrogen) atoms. The third kappa shape index (κ3) is 3.52. The molecule has 1 aromatic rings. The van der Waals surface area contributed by atoms with Crippen molar-refractivity contribution in [3.63, 3.8) is 0 Å². The van der Waals surface area contributed by atoms with Crippen LogP contribution in [0.25, 0.3) is 6.08 Å². The van der Waals surface area contributed by atoms with Gasteiger partial charge in [-0.15, -0.1) is 5.73 Å². The van der Waals surface area contributed by atoms with Gasteiger partial charge in [0, 0.05) is 22.4 Å². The molecule has 0 N–H and O–H groups in total. The van der Waals surface area contributed by atoms with Crippen molar-refractivity contribution in [1.82, 2.24) is 4.98 Å². The molecule has 1 aromatic heterocycles. The number of carbonyl (C=O) groups is 1. The quantitative estimate of drug-likeness (QED) is 0.630. The lowest BCUT2D eigenvalue weighted by Crippen LogP contribution is -1.94. The van der Waals surface area contributed by atoms with E-state index in [0.717, 1.165) is 10.0 Å². The van der Waals surface area contributed by atoms with Crippen LogP contribution < -0.4 is 0 Å². The minimum Gasteiger partial charge on any atom is -0.289 e. The van der Waals surface area contributed by atoms with Crippen molar-refractivity contribution < 1.29 is 4.79 Å². The molecule has 2 nitrogen and oxygen atoms in total. The third-order valence-corrected chi connectivity index (χ3v) is 2.70. The highest BCUT2D eigenvalue weighted by Crippen LogP contribution is 2.11. The van der Waals surface area contributed by atoms with Gasteiger partial charge in [0.2, 0.25) is 0 Å². The van der Waals surface area contributed by atoms with Crippen molar-refractivity contribution >= 4 is 27.8 Å². The standard InChI is InChI=1S/C15H10BrNO/c16-14-9-12(10-17-11-14)7-8-15(18)13-5-3-1-2-4-6-13/h1,3-11H/b8-7+. The van der Waals surface area contributed by atoms with Gasteiger partial charge in [-0.05, 0) is 57.9 Å². The van der Waals surface area contributed by atoms with Gasteiger partial charge in [-0.25, -0.2) is 0 Å². The molecule has 2 rings (SSSR count). The lowest BCUT2D eigenvalue weighted by Gasteiger charge is -1.95. The number of ketones is 1. The van der Waals surface area contributed by atoms with E-state index in [1.165, 1.54) is 0 Å². The molecule has 0 radical (unpaired) electrons. The van der Waals surface area contributed by atoms with Gasteiger partial charge in [-0.3, -0.25) is 9.78 Å². The first kappa shape index (κ1) is 12.5. The largest absolute Gasteiger partial charge is 0.289 e. The summed E-state index contributed by atoms with van der Waals surface area (Å²) in [6.45, 7) is 0. The van der Waals surface area contributed by atoms with Crippen LogP contribution in [0.2, 0.25) is 0 Å². The number of allylic oxidation sites excluding steroid dienone is 6. The number of rotatable bonds is 3. The van der Waals surface area contributed by atoms with Crippen molar-refractivity contribution in [3.05, 3.63) is 76.3 Å². The van der Waals surface area contributed by atoms with Crippen LogP contribution in [0.3, 0.4) is 0 Å². The zero-order valence-corrected chi connectivity index (χ0v) is 11.1. The van der Waals surface area contributed by atoms with E-state index in [4.69, 9.17) is 0 Å². The zero-order valence-electron chi connectivity index (χ0n) is 9.51. The Labute approximate surface area is 114 Å². The number of hydrogen-bond acceptors (Lipinski definition) is 2. The minimum absolute atomic E-state index is 0.0421. The molecule has 0 aromatic carbocycles. The average molecular weight is 300 g/mol. The topological polar surface area (TPSA) is 30.0 Å². The van der Waals surface area contributed by atoms with E-state index in [1.54, 1.807) is 54.9 Å². The molecule has 0 amide bonds. The molecule has 0 atom stereocenters. The molecule has 0 bridgehead atoms. The summed E-state index contributed by atoms with van der Waals surface area (Å²) in [6, 6.07) is 1.90. The normalized spacial score (nSPS) is 13.7. The van der Waals surface area contributed by atoms with Gasteiger partial charge in [-0.2, -0.15) is 0 Å². The smallest absolute Gasteiger partial charge is 0.185 e. The highest BCUT2D eigenvalue weighted by molar-refractivity contribution is 9.10. The first-order valence-electron chi connectivity index (χ1n) is 5.38. The van der Waals surface area contributed by atoms with Crippen LogP contribution in [0.4, 0.5) is 0 Å². The van der Waals surface area contributed by atoms with Gasteiger partial charge in [-0.1, -0.05) is 12.2 Å². The van der Waals surface area contributed by atoms with Gasteiger partial charge in [0.1, 0.15) is 0 Å². The Kier molecular flexibility index (Phi) is 4.24. The molecule has 0 saturated heterocycles. The van der Waals surface area contributed by atoms with Gasteiger partial charge in [0.25, 0.3) is 0 Å². The molecule has 1 aliphatic carbocycles. The Morgan fingerprint density at radius 1 is 1.33 bits per heavy atom. The maximum atomic E-state index is 11.9. The summed E-state index contributed by atoms with van der Waals surface area (Å²) in [7, 11) is 0. The van der Waals surface area contributed by atoms with Crippen LogP contribution in [-0.4, -0.2) is 10.8 Å². The van der Waals surface area contributed by atoms with Gasteiger partial charge in [0.15, 0.2) is 5.78 Å². The van der Waals surface area contributed by atoms with E-state index < -0.39 is 0 Å². The first-order chi connectivity index (χ1) is 8.75. The average Bonchev–Trinajstić information content (AvgIpc) is 2.65. The van der Waals surface area contributed by atoms with E-state index in [-0.39, 0.29) is 5.78 Å². The Bertz CT molecular complexity index is 617. The maximum absolute atomic E-state index is 11.9. The molecule has 3 heteroatoms. The summed E-state index contributed by atoms with van der Waals surface area (Å²) in [5.41, 5.74) is 4.42. The fourth-order valence-corrected chi connectivity index (χ4v) is 1.79. The van der Waals surface area contributed by atoms with Gasteiger partial charge in [0.05, 0.1) is 0 Å². The van der Waals surface area contributed by atoms with Crippen molar-refractivity contribution in [2.45, 2.75) is 0 Å². The summed E-state index contributed by atoms with van der Waals surface area (Å²) < 4.78 is 0.887. The number of hydrogen-bond donors (Lipinski definition) is 0. The minimum atomic E-state index is -0.0421. The number of halogens is 1. The van der Waals surface area contributed by atoms with E-state index >= 15 is 0 Å². The summed E-state index contributed by atoms with van der Waals surface area (Å²) >= 11 is 3.33. The van der Waals surface area contributed by atoms with Crippen LogP contribution >= 0.6 is 15.9 Å². The predicted octanol–water partition coefficient (Wildman–Crippen LogP) is 3.63. The maximum Gasteiger partial charge on any atom is 0.185 e. The van der Waals surface area contributed by atoms with E-state index in [0.29, 0.717) is 5.57 Å². The summed E-state index contributed by atoms with van der Waals surface area (Å²) in [4.78, 5) is 15.9. The van der Waals surface area contributed by atoms with Crippen LogP contribution in [0.1, 0.15) is 5.56 Å². The molecule has 0 aliphatic heterocycles. The highest BCUT2D eigenvalue weighted by atomic mass is 79.9. The molecule has 0 saturated carbocycles. The number of nitrogens with zero attached hydrogens (tertiary/aromatic N) is 1. The lowest BCUT2D eigenvalue weighted by atomic mass is 10.1. The zero-order chi connectivity index (χ0) is 12.8. The first-order valence-corrected chi connectivity index (χ1v) is 6.17. The fourth-order valence-electron chi connectivity index (χ4n) is 1.41. The SMILES string of the molecule is O=C(/C=C/c1cncc(Br)c1)C1=CC=C=CC=C1. The summed E-state index contributed by atoms with van der Waals surface area (Å²) in [5, 5.41) is 0. The number of aromatic nitrogens is 1. The second-order valence-corrected chi connectivity index (χ2v) is 4.53. The Balaban J connectivity index is 2.12. The highest BCUT2D eigenvalue weighted by Gasteiger charge is 2.01. The molecule has 88 valence electrons. The molecule has 1 heterocycles. The van der Waals surface area contributed by atoms with E-state index in [2.05, 4.69) is 26.6 Å². The van der Waals surface area contributed by atoms with Crippen LogP contribution in [-0.2, 0) is 4.79 Å². The van der Waals surface area contributed by atoms with Crippen molar-refractivity contribution in [2.24, 2.45) is 0 Å². The molecule has 0 spiro atoms. The second kappa shape index (κ2) is 6.10. The van der Waals surface area contributed by atoms with Crippen molar-refractivity contribution in [3.8, 4) is 0 Å². The van der Waals surface area contributed by atoms with Crippen molar-refractivity contribution in [2.75, 3.05) is 0 Å². The van der Waals surface area contributed by atoms with Crippen LogP contribution in [0, 0.1) is 0 Å². The monoisotopic (exact) mass is 299 g/mol. The third-order valence-electron chi connectivity index (χ3n) is 2.27. The fraction of sp³-hybridized carbons (Fsp3) is 0. The second-order valence-electron chi connectivity index (χ2n) is 3.62. The van der Waals surface area contributed by atoms with Gasteiger partial charge < -0.3 is 0 Å². The Morgan fingerprint density at radius 2 is 2.22 bits per heavy atom. The van der Waals surface area contributed by atoms with Crippen LogP contribution in [0.5, 0.6) is 0 Å². The summed E-state index contributed by atoms with van der Waals surface area (Å²) in [5.74, 6) is -0.0421.